The molecule has 0 bridgehead atoms. The van der Waals surface area contributed by atoms with Crippen LogP contribution in [0.1, 0.15) is 48.0 Å². The first-order valence-corrected chi connectivity index (χ1v) is 10.7. The molecule has 1 aliphatic heterocycles. The molecule has 3 rings (SSSR count). The minimum atomic E-state index is -0.233. The van der Waals surface area contributed by atoms with E-state index < -0.39 is 0 Å². The summed E-state index contributed by atoms with van der Waals surface area (Å²) in [5, 5.41) is 5.91. The van der Waals surface area contributed by atoms with E-state index in [1.54, 1.807) is 13.2 Å². The summed E-state index contributed by atoms with van der Waals surface area (Å²) in [5.41, 5.74) is 3.12. The molecule has 1 aliphatic rings. The van der Waals surface area contributed by atoms with E-state index in [1.807, 2.05) is 49.4 Å². The molecule has 1 unspecified atom stereocenters. The number of ether oxygens (including phenoxy) is 1. The Balaban J connectivity index is 1.81. The summed E-state index contributed by atoms with van der Waals surface area (Å²) in [6, 6.07) is 15.4. The van der Waals surface area contributed by atoms with Gasteiger partial charge >= 0.3 is 0 Å². The van der Waals surface area contributed by atoms with Crippen LogP contribution in [0, 0.1) is 0 Å². The smallest absolute Gasteiger partial charge is 0.253 e. The Bertz CT molecular complexity index is 848. The van der Waals surface area contributed by atoms with Crippen molar-refractivity contribution in [1.29, 1.82) is 0 Å². The maximum absolute atomic E-state index is 12.9. The number of benzene rings is 2. The monoisotopic (exact) mass is 409 g/mol. The third-order valence-electron chi connectivity index (χ3n) is 5.47. The van der Waals surface area contributed by atoms with Gasteiger partial charge in [0, 0.05) is 38.1 Å². The van der Waals surface area contributed by atoms with Crippen LogP contribution >= 0.6 is 0 Å². The Hall–Kier alpha value is -2.86. The summed E-state index contributed by atoms with van der Waals surface area (Å²) < 4.78 is 5.03. The van der Waals surface area contributed by atoms with E-state index in [-0.39, 0.29) is 17.7 Å². The number of carbonyl (C=O) groups excluding carboxylic acids is 2. The molecule has 6 heteroatoms. The Morgan fingerprint density at radius 2 is 1.83 bits per heavy atom. The van der Waals surface area contributed by atoms with E-state index in [4.69, 9.17) is 4.74 Å². The molecule has 1 heterocycles. The molecular weight excluding hydrogens is 378 g/mol. The van der Waals surface area contributed by atoms with Gasteiger partial charge in [-0.2, -0.15) is 0 Å². The second kappa shape index (κ2) is 10.8. The van der Waals surface area contributed by atoms with Gasteiger partial charge in [0.15, 0.2) is 0 Å². The fourth-order valence-corrected chi connectivity index (χ4v) is 3.88. The first kappa shape index (κ1) is 21.8. The highest BCUT2D eigenvalue weighted by Gasteiger charge is 2.22. The van der Waals surface area contributed by atoms with Crippen molar-refractivity contribution in [2.75, 3.05) is 43.6 Å². The van der Waals surface area contributed by atoms with Gasteiger partial charge in [-0.3, -0.25) is 9.59 Å². The lowest BCUT2D eigenvalue weighted by Gasteiger charge is -2.22. The highest BCUT2D eigenvalue weighted by molar-refractivity contribution is 6.03. The lowest BCUT2D eigenvalue weighted by atomic mass is 9.95. The van der Waals surface area contributed by atoms with Crippen LogP contribution in [0.15, 0.2) is 48.5 Å². The third-order valence-corrected chi connectivity index (χ3v) is 5.47. The number of amides is 2. The van der Waals surface area contributed by atoms with Crippen molar-refractivity contribution in [2.45, 2.75) is 32.1 Å². The van der Waals surface area contributed by atoms with Gasteiger partial charge in [0.25, 0.3) is 5.91 Å². The number of methoxy groups -OCH3 is 1. The standard InChI is InChI=1S/C24H31N3O3/c1-3-20(18-9-5-4-6-10-18)24(29)26-19-11-12-22(27-14-7-8-15-27)21(17-19)23(28)25-13-16-30-2/h4-6,9-12,17,20H,3,7-8,13-16H2,1-2H3,(H,25,28)(H,26,29). The minimum Gasteiger partial charge on any atom is -0.383 e. The fourth-order valence-electron chi connectivity index (χ4n) is 3.88. The summed E-state index contributed by atoms with van der Waals surface area (Å²) in [6.07, 6.45) is 2.95. The first-order chi connectivity index (χ1) is 14.6. The molecule has 2 amide bonds. The molecule has 2 N–H and O–H groups in total. The second-order valence-corrected chi connectivity index (χ2v) is 7.54. The van der Waals surface area contributed by atoms with Crippen LogP contribution in [-0.4, -0.2) is 45.2 Å². The van der Waals surface area contributed by atoms with E-state index in [1.165, 1.54) is 0 Å². The summed E-state index contributed by atoms with van der Waals surface area (Å²) in [7, 11) is 1.61. The highest BCUT2D eigenvalue weighted by atomic mass is 16.5. The van der Waals surface area contributed by atoms with Gasteiger partial charge < -0.3 is 20.3 Å². The lowest BCUT2D eigenvalue weighted by Crippen LogP contribution is -2.30. The van der Waals surface area contributed by atoms with Crippen LogP contribution in [0.2, 0.25) is 0 Å². The molecule has 1 fully saturated rings. The minimum absolute atomic E-state index is 0.0663. The molecule has 2 aromatic rings. The summed E-state index contributed by atoms with van der Waals surface area (Å²) in [4.78, 5) is 28.0. The molecule has 160 valence electrons. The van der Waals surface area contributed by atoms with Crippen molar-refractivity contribution < 1.29 is 14.3 Å². The molecule has 0 radical (unpaired) electrons. The zero-order valence-electron chi connectivity index (χ0n) is 17.8. The number of nitrogens with zero attached hydrogens (tertiary/aromatic N) is 1. The van der Waals surface area contributed by atoms with Gasteiger partial charge in [0.2, 0.25) is 5.91 Å². The quantitative estimate of drug-likeness (QED) is 0.618. The number of nitrogens with one attached hydrogen (secondary N) is 2. The van der Waals surface area contributed by atoms with Crippen LogP contribution in [-0.2, 0) is 9.53 Å². The van der Waals surface area contributed by atoms with Gasteiger partial charge in [-0.05, 0) is 43.0 Å². The average molecular weight is 410 g/mol. The van der Waals surface area contributed by atoms with Crippen molar-refractivity contribution in [3.05, 3.63) is 59.7 Å². The van der Waals surface area contributed by atoms with Crippen LogP contribution in [0.3, 0.4) is 0 Å². The fraction of sp³-hybridized carbons (Fsp3) is 0.417. The molecule has 6 nitrogen and oxygen atoms in total. The van der Waals surface area contributed by atoms with E-state index in [0.29, 0.717) is 30.8 Å². The molecule has 0 aliphatic carbocycles. The topological polar surface area (TPSA) is 70.7 Å². The third kappa shape index (κ3) is 5.39. The van der Waals surface area contributed by atoms with Crippen molar-refractivity contribution >= 4 is 23.2 Å². The van der Waals surface area contributed by atoms with Crippen LogP contribution in [0.5, 0.6) is 0 Å². The molecule has 1 atom stereocenters. The average Bonchev–Trinajstić information content (AvgIpc) is 3.30. The largest absolute Gasteiger partial charge is 0.383 e. The van der Waals surface area contributed by atoms with Crippen LogP contribution < -0.4 is 15.5 Å². The normalized spacial score (nSPS) is 14.4. The zero-order valence-corrected chi connectivity index (χ0v) is 17.8. The Labute approximate surface area is 178 Å². The molecule has 1 saturated heterocycles. The number of rotatable bonds is 9. The maximum Gasteiger partial charge on any atom is 0.253 e. The predicted octanol–water partition coefficient (Wildman–Crippen LogP) is 3.80. The molecule has 0 saturated carbocycles. The van der Waals surface area contributed by atoms with Crippen LogP contribution in [0.25, 0.3) is 0 Å². The van der Waals surface area contributed by atoms with Crippen molar-refractivity contribution in [2.24, 2.45) is 0 Å². The summed E-state index contributed by atoms with van der Waals surface area (Å²) >= 11 is 0. The van der Waals surface area contributed by atoms with Gasteiger partial charge in [0.1, 0.15) is 0 Å². The predicted molar refractivity (Wildman–Crippen MR) is 120 cm³/mol. The van der Waals surface area contributed by atoms with Gasteiger partial charge in [0.05, 0.1) is 18.1 Å². The summed E-state index contributed by atoms with van der Waals surface area (Å²) in [6.45, 7) is 4.78. The van der Waals surface area contributed by atoms with E-state index in [2.05, 4.69) is 15.5 Å². The first-order valence-electron chi connectivity index (χ1n) is 10.7. The van der Waals surface area contributed by atoms with Crippen molar-refractivity contribution in [1.82, 2.24) is 5.32 Å². The van der Waals surface area contributed by atoms with E-state index in [9.17, 15) is 9.59 Å². The van der Waals surface area contributed by atoms with E-state index in [0.717, 1.165) is 37.2 Å². The molecule has 0 spiro atoms. The van der Waals surface area contributed by atoms with Gasteiger partial charge in [-0.1, -0.05) is 37.3 Å². The van der Waals surface area contributed by atoms with Gasteiger partial charge in [-0.15, -0.1) is 0 Å². The molecule has 0 aromatic heterocycles. The van der Waals surface area contributed by atoms with Crippen molar-refractivity contribution in [3.63, 3.8) is 0 Å². The summed E-state index contributed by atoms with van der Waals surface area (Å²) in [5.74, 6) is -0.452. The number of hydrogen-bond donors (Lipinski definition) is 2. The number of anilines is 2. The lowest BCUT2D eigenvalue weighted by molar-refractivity contribution is -0.117. The van der Waals surface area contributed by atoms with E-state index >= 15 is 0 Å². The Morgan fingerprint density at radius 3 is 2.50 bits per heavy atom. The number of carbonyl (C=O) groups is 2. The number of hydrogen-bond acceptors (Lipinski definition) is 4. The van der Waals surface area contributed by atoms with Gasteiger partial charge in [-0.25, -0.2) is 0 Å². The Kier molecular flexibility index (Phi) is 7.85. The molecule has 2 aromatic carbocycles. The van der Waals surface area contributed by atoms with Crippen molar-refractivity contribution in [3.8, 4) is 0 Å². The molecule has 30 heavy (non-hydrogen) atoms. The Morgan fingerprint density at radius 1 is 1.10 bits per heavy atom. The second-order valence-electron chi connectivity index (χ2n) is 7.54. The SMILES string of the molecule is CCC(C(=O)Nc1ccc(N2CCCC2)c(C(=O)NCCOC)c1)c1ccccc1. The maximum atomic E-state index is 12.9. The highest BCUT2D eigenvalue weighted by Crippen LogP contribution is 2.29. The van der Waals surface area contributed by atoms with Crippen LogP contribution in [0.4, 0.5) is 11.4 Å². The molecular formula is C24H31N3O3. The zero-order chi connectivity index (χ0) is 21.3.